The number of hydrogen-bond donors (Lipinski definition) is 1. The van der Waals surface area contributed by atoms with Gasteiger partial charge in [0.2, 0.25) is 5.91 Å². The number of carbonyl (C=O) groups excluding carboxylic acids is 2. The molecule has 0 unspecified atom stereocenters. The molecule has 0 radical (unpaired) electrons. The number of para-hydroxylation sites is 1. The van der Waals surface area contributed by atoms with Gasteiger partial charge < -0.3 is 5.32 Å². The maximum Gasteiger partial charge on any atom is 0.251 e. The van der Waals surface area contributed by atoms with Crippen LogP contribution in [0.15, 0.2) is 48.5 Å². The molecule has 2 aromatic rings. The highest BCUT2D eigenvalue weighted by atomic mass is 35.5. The predicted octanol–water partition coefficient (Wildman–Crippen LogP) is 3.46. The van der Waals surface area contributed by atoms with E-state index in [4.69, 9.17) is 23.2 Å². The van der Waals surface area contributed by atoms with Crippen molar-refractivity contribution in [2.24, 2.45) is 0 Å². The van der Waals surface area contributed by atoms with Crippen LogP contribution in [0.25, 0.3) is 0 Å². The second kappa shape index (κ2) is 7.34. The van der Waals surface area contributed by atoms with Gasteiger partial charge in [-0.3, -0.25) is 9.59 Å². The molecule has 0 aliphatic carbocycles. The quantitative estimate of drug-likeness (QED) is 0.828. The fourth-order valence-corrected chi connectivity index (χ4v) is 3.25. The topological polar surface area (TPSA) is 49.4 Å². The Morgan fingerprint density at radius 1 is 1.08 bits per heavy atom. The van der Waals surface area contributed by atoms with E-state index in [1.54, 1.807) is 36.4 Å². The molecule has 1 heterocycles. The van der Waals surface area contributed by atoms with Crippen LogP contribution in [0.1, 0.15) is 12.0 Å². The fraction of sp³-hybridized carbons (Fsp3) is 0.222. The van der Waals surface area contributed by atoms with E-state index in [2.05, 4.69) is 5.32 Å². The zero-order chi connectivity index (χ0) is 17.1. The number of carbonyl (C=O) groups is 2. The molecule has 0 spiro atoms. The molecule has 1 atom stereocenters. The first-order valence-corrected chi connectivity index (χ1v) is 8.41. The monoisotopic (exact) mass is 362 g/mol. The average Bonchev–Trinajstić information content (AvgIpc) is 2.84. The Bertz CT molecular complexity index is 765. The smallest absolute Gasteiger partial charge is 0.251 e. The lowest BCUT2D eigenvalue weighted by molar-refractivity contribution is -0.121. The summed E-state index contributed by atoms with van der Waals surface area (Å²) in [7, 11) is 0. The van der Waals surface area contributed by atoms with Gasteiger partial charge in [-0.05, 0) is 42.8 Å². The number of halogens is 2. The molecule has 0 saturated carbocycles. The van der Waals surface area contributed by atoms with Crippen molar-refractivity contribution in [3.63, 3.8) is 0 Å². The van der Waals surface area contributed by atoms with Crippen LogP contribution in [0, 0.1) is 0 Å². The first kappa shape index (κ1) is 17.0. The molecule has 1 aliphatic heterocycles. The van der Waals surface area contributed by atoms with Crippen LogP contribution >= 0.6 is 23.2 Å². The molecule has 1 N–H and O–H groups in total. The SMILES string of the molecule is O=C1C[C@@H](NCCc2ccc(Cl)cc2Cl)C(=O)N1c1ccccc1. The molecule has 1 aliphatic rings. The van der Waals surface area contributed by atoms with Crippen LogP contribution in [0.3, 0.4) is 0 Å². The van der Waals surface area contributed by atoms with E-state index in [-0.39, 0.29) is 18.2 Å². The molecule has 2 aromatic carbocycles. The Kier molecular flexibility index (Phi) is 5.19. The number of hydrogen-bond acceptors (Lipinski definition) is 3. The highest BCUT2D eigenvalue weighted by molar-refractivity contribution is 6.35. The third-order valence-electron chi connectivity index (χ3n) is 3.96. The van der Waals surface area contributed by atoms with Gasteiger partial charge in [0.25, 0.3) is 5.91 Å². The van der Waals surface area contributed by atoms with Crippen LogP contribution in [0.2, 0.25) is 10.0 Å². The molecular formula is C18H16Cl2N2O2. The number of anilines is 1. The molecule has 4 nitrogen and oxygen atoms in total. The Balaban J connectivity index is 1.60. The minimum atomic E-state index is -0.496. The van der Waals surface area contributed by atoms with Crippen molar-refractivity contribution in [2.75, 3.05) is 11.4 Å². The van der Waals surface area contributed by atoms with Gasteiger partial charge >= 0.3 is 0 Å². The number of rotatable bonds is 5. The molecule has 1 saturated heterocycles. The van der Waals surface area contributed by atoms with Gasteiger partial charge in [-0.15, -0.1) is 0 Å². The minimum Gasteiger partial charge on any atom is -0.305 e. The van der Waals surface area contributed by atoms with E-state index in [9.17, 15) is 9.59 Å². The lowest BCUT2D eigenvalue weighted by atomic mass is 10.1. The number of benzene rings is 2. The van der Waals surface area contributed by atoms with Crippen LogP contribution in [-0.4, -0.2) is 24.4 Å². The Morgan fingerprint density at radius 3 is 2.54 bits per heavy atom. The summed E-state index contributed by atoms with van der Waals surface area (Å²) < 4.78 is 0. The zero-order valence-electron chi connectivity index (χ0n) is 12.8. The summed E-state index contributed by atoms with van der Waals surface area (Å²) in [4.78, 5) is 25.9. The molecule has 1 fully saturated rings. The van der Waals surface area contributed by atoms with E-state index >= 15 is 0 Å². The lowest BCUT2D eigenvalue weighted by Gasteiger charge is -2.15. The largest absolute Gasteiger partial charge is 0.305 e. The lowest BCUT2D eigenvalue weighted by Crippen LogP contribution is -2.39. The summed E-state index contributed by atoms with van der Waals surface area (Å²) in [6.07, 6.45) is 0.821. The van der Waals surface area contributed by atoms with Crippen molar-refractivity contribution in [2.45, 2.75) is 18.9 Å². The van der Waals surface area contributed by atoms with Gasteiger partial charge in [-0.1, -0.05) is 47.5 Å². The van der Waals surface area contributed by atoms with Crippen molar-refractivity contribution in [1.29, 1.82) is 0 Å². The van der Waals surface area contributed by atoms with Crippen LogP contribution in [0.4, 0.5) is 5.69 Å². The van der Waals surface area contributed by atoms with Gasteiger partial charge in [0, 0.05) is 10.0 Å². The van der Waals surface area contributed by atoms with Crippen molar-refractivity contribution >= 4 is 40.7 Å². The Hall–Kier alpha value is -1.88. The van der Waals surface area contributed by atoms with Crippen LogP contribution in [0.5, 0.6) is 0 Å². The summed E-state index contributed by atoms with van der Waals surface area (Å²) in [5.41, 5.74) is 1.56. The second-order valence-corrected chi connectivity index (χ2v) is 6.44. The maximum atomic E-state index is 12.5. The fourth-order valence-electron chi connectivity index (χ4n) is 2.75. The van der Waals surface area contributed by atoms with E-state index < -0.39 is 6.04 Å². The first-order valence-electron chi connectivity index (χ1n) is 7.65. The van der Waals surface area contributed by atoms with Gasteiger partial charge in [-0.2, -0.15) is 0 Å². The van der Waals surface area contributed by atoms with Gasteiger partial charge in [0.1, 0.15) is 0 Å². The second-order valence-electron chi connectivity index (χ2n) is 5.60. The van der Waals surface area contributed by atoms with Crippen LogP contribution < -0.4 is 10.2 Å². The van der Waals surface area contributed by atoms with E-state index in [1.807, 2.05) is 12.1 Å². The van der Waals surface area contributed by atoms with E-state index in [1.165, 1.54) is 4.90 Å². The zero-order valence-corrected chi connectivity index (χ0v) is 14.3. The molecule has 2 amide bonds. The molecule has 0 aromatic heterocycles. The number of amides is 2. The van der Waals surface area contributed by atoms with Gasteiger partial charge in [0.05, 0.1) is 18.2 Å². The highest BCUT2D eigenvalue weighted by Gasteiger charge is 2.38. The molecular weight excluding hydrogens is 347 g/mol. The normalized spacial score (nSPS) is 17.6. The Morgan fingerprint density at radius 2 is 1.83 bits per heavy atom. The van der Waals surface area contributed by atoms with E-state index in [0.717, 1.165) is 5.56 Å². The molecule has 6 heteroatoms. The summed E-state index contributed by atoms with van der Waals surface area (Å²) in [5, 5.41) is 4.34. The summed E-state index contributed by atoms with van der Waals surface area (Å²) in [6.45, 7) is 0.549. The Labute approximate surface area is 150 Å². The third-order valence-corrected chi connectivity index (χ3v) is 4.55. The number of nitrogens with one attached hydrogen (secondary N) is 1. The van der Waals surface area contributed by atoms with Crippen molar-refractivity contribution in [3.8, 4) is 0 Å². The number of imide groups is 1. The number of nitrogens with zero attached hydrogens (tertiary/aromatic N) is 1. The third kappa shape index (κ3) is 3.61. The molecule has 0 bridgehead atoms. The van der Waals surface area contributed by atoms with E-state index in [0.29, 0.717) is 28.7 Å². The summed E-state index contributed by atoms with van der Waals surface area (Å²) in [6, 6.07) is 13.8. The predicted molar refractivity (Wildman–Crippen MR) is 95.5 cm³/mol. The molecule has 3 rings (SSSR count). The summed E-state index contributed by atoms with van der Waals surface area (Å²) in [5.74, 6) is -0.401. The molecule has 124 valence electrons. The van der Waals surface area contributed by atoms with Crippen molar-refractivity contribution in [3.05, 3.63) is 64.1 Å². The first-order chi connectivity index (χ1) is 11.6. The highest BCUT2D eigenvalue weighted by Crippen LogP contribution is 2.23. The van der Waals surface area contributed by atoms with Crippen LogP contribution in [-0.2, 0) is 16.0 Å². The summed E-state index contributed by atoms with van der Waals surface area (Å²) >= 11 is 12.0. The maximum absolute atomic E-state index is 12.5. The van der Waals surface area contributed by atoms with Crippen molar-refractivity contribution in [1.82, 2.24) is 5.32 Å². The van der Waals surface area contributed by atoms with Gasteiger partial charge in [0.15, 0.2) is 0 Å². The average molecular weight is 363 g/mol. The van der Waals surface area contributed by atoms with Gasteiger partial charge in [-0.25, -0.2) is 4.90 Å². The molecule has 24 heavy (non-hydrogen) atoms. The van der Waals surface area contributed by atoms with Crippen molar-refractivity contribution < 1.29 is 9.59 Å². The standard InChI is InChI=1S/C18H16Cl2N2O2/c19-13-7-6-12(15(20)10-13)8-9-21-16-11-17(23)22(18(16)24)14-4-2-1-3-5-14/h1-7,10,16,21H,8-9,11H2/t16-/m1/s1. The minimum absolute atomic E-state index is 0.169.